The van der Waals surface area contributed by atoms with Gasteiger partial charge in [0.05, 0.1) is 16.6 Å². The number of aliphatic hydroxyl groups is 2. The quantitative estimate of drug-likeness (QED) is 0.0498. The summed E-state index contributed by atoms with van der Waals surface area (Å²) in [6.45, 7) is 6.88. The van der Waals surface area contributed by atoms with Gasteiger partial charge in [0.1, 0.15) is 34.6 Å². The fourth-order valence-corrected chi connectivity index (χ4v) is 12.1. The third-order valence-electron chi connectivity index (χ3n) is 12.7. The number of ether oxygens (including phenoxy) is 1. The topological polar surface area (TPSA) is 195 Å². The van der Waals surface area contributed by atoms with Crippen LogP contribution in [0.5, 0.6) is 5.75 Å². The van der Waals surface area contributed by atoms with Crippen molar-refractivity contribution in [1.29, 1.82) is 0 Å². The van der Waals surface area contributed by atoms with E-state index in [-0.39, 0.29) is 42.2 Å². The molecule has 1 amide bonds. The Hall–Kier alpha value is -5.66. The Bertz CT molecular complexity index is 2790. The van der Waals surface area contributed by atoms with E-state index in [0.717, 1.165) is 122 Å². The van der Waals surface area contributed by atoms with Crippen LogP contribution in [0.25, 0.3) is 32.3 Å². The molecule has 2 saturated heterocycles. The van der Waals surface area contributed by atoms with Gasteiger partial charge in [0.15, 0.2) is 23.9 Å². The number of nitrogens with zero attached hydrogens (tertiary/aromatic N) is 4. The van der Waals surface area contributed by atoms with Crippen molar-refractivity contribution in [2.75, 3.05) is 69.7 Å². The number of aromatic nitrogens is 1. The molecule has 9 rings (SSSR count). The molecule has 2 fully saturated rings. The van der Waals surface area contributed by atoms with Gasteiger partial charge in [-0.25, -0.2) is 4.31 Å². The molecule has 18 heteroatoms. The van der Waals surface area contributed by atoms with Crippen LogP contribution in [0.2, 0.25) is 5.02 Å². The van der Waals surface area contributed by atoms with Crippen LogP contribution < -0.4 is 25.2 Å². The molecule has 2 unspecified atom stereocenters. The molecule has 0 saturated carbocycles. The Morgan fingerprint density at radius 1 is 0.958 bits per heavy atom. The van der Waals surface area contributed by atoms with E-state index in [0.29, 0.717) is 40.5 Å². The van der Waals surface area contributed by atoms with Crippen LogP contribution >= 0.6 is 34.9 Å². The van der Waals surface area contributed by atoms with Gasteiger partial charge in [0.2, 0.25) is 0 Å². The number of hydrogen-bond acceptors (Lipinski definition) is 16. The highest BCUT2D eigenvalue weighted by atomic mass is 35.5. The summed E-state index contributed by atoms with van der Waals surface area (Å²) in [7, 11) is 5.75. The van der Waals surface area contributed by atoms with Crippen LogP contribution in [0.1, 0.15) is 89.4 Å². The SMILES string of the molecule is CC1(C)CC(Nc2cccc(-c3sc(C=O)c(OCC=O)c3Cl)c2)CCN1SCc1ccc2oc(N3CCC(c4ccc5c6c(cccc46)C(=O)N5C(C=O)CCC=O)CC3)nc2c1.CNC.CO.CO. The smallest absolute Gasteiger partial charge is 0.298 e. The average molecular weight is 1030 g/mol. The molecule has 4 N–H and O–H groups in total. The second-order valence-corrected chi connectivity index (χ2v) is 20.1. The van der Waals surface area contributed by atoms with E-state index in [4.69, 9.17) is 36.0 Å². The van der Waals surface area contributed by atoms with E-state index in [1.54, 1.807) is 4.90 Å². The number of halogens is 1. The largest absolute Gasteiger partial charge is 0.483 e. The highest BCUT2D eigenvalue weighted by Crippen LogP contribution is 2.47. The van der Waals surface area contributed by atoms with Gasteiger partial charge in [-0.2, -0.15) is 4.98 Å². The second kappa shape index (κ2) is 25.6. The number of carbonyl (C=O) groups excluding carboxylic acids is 5. The molecule has 378 valence electrons. The summed E-state index contributed by atoms with van der Waals surface area (Å²) in [6.07, 6.45) is 7.11. The van der Waals surface area contributed by atoms with Crippen molar-refractivity contribution < 1.29 is 43.3 Å². The molecule has 71 heavy (non-hydrogen) atoms. The van der Waals surface area contributed by atoms with Gasteiger partial charge < -0.3 is 44.5 Å². The number of thiophene rings is 1. The minimum atomic E-state index is -0.682. The first-order chi connectivity index (χ1) is 34.5. The number of anilines is 3. The Morgan fingerprint density at radius 2 is 1.70 bits per heavy atom. The third-order valence-corrected chi connectivity index (χ3v) is 15.8. The first-order valence-corrected chi connectivity index (χ1v) is 25.7. The van der Waals surface area contributed by atoms with Gasteiger partial charge in [0, 0.05) is 74.2 Å². The van der Waals surface area contributed by atoms with Crippen molar-refractivity contribution in [3.8, 4) is 16.2 Å². The summed E-state index contributed by atoms with van der Waals surface area (Å²) >= 11 is 9.73. The van der Waals surface area contributed by atoms with Crippen LogP contribution in [0.3, 0.4) is 0 Å². The maximum Gasteiger partial charge on any atom is 0.298 e. The fourth-order valence-electron chi connectivity index (χ4n) is 9.59. The maximum absolute atomic E-state index is 13.5. The third kappa shape index (κ3) is 12.2. The predicted molar refractivity (Wildman–Crippen MR) is 286 cm³/mol. The van der Waals surface area contributed by atoms with Gasteiger partial charge in [-0.1, -0.05) is 59.9 Å². The fraction of sp³-hybridized carbons (Fsp3) is 0.396. The van der Waals surface area contributed by atoms with E-state index in [1.165, 1.54) is 22.5 Å². The molecule has 4 aromatic carbocycles. The monoisotopic (exact) mass is 1030 g/mol. The lowest BCUT2D eigenvalue weighted by atomic mass is 9.85. The maximum atomic E-state index is 13.5. The molecule has 3 aliphatic heterocycles. The van der Waals surface area contributed by atoms with Crippen molar-refractivity contribution in [1.82, 2.24) is 14.6 Å². The number of hydrogen-bond donors (Lipinski definition) is 4. The molecule has 2 atom stereocenters. The molecule has 0 radical (unpaired) electrons. The van der Waals surface area contributed by atoms with E-state index >= 15 is 0 Å². The lowest BCUT2D eigenvalue weighted by Crippen LogP contribution is -2.49. The summed E-state index contributed by atoms with van der Waals surface area (Å²) in [6, 6.07) is 24.4. The average Bonchev–Trinajstić information content (AvgIpc) is 4.06. The summed E-state index contributed by atoms with van der Waals surface area (Å²) in [5.74, 6) is 1.15. The van der Waals surface area contributed by atoms with Crippen molar-refractivity contribution in [2.24, 2.45) is 0 Å². The molecular formula is C53H63ClN6O9S2. The molecule has 0 aliphatic carbocycles. The van der Waals surface area contributed by atoms with Gasteiger partial charge in [-0.05, 0) is 124 Å². The molecular weight excluding hydrogens is 964 g/mol. The molecule has 3 aliphatic rings. The minimum Gasteiger partial charge on any atom is -0.483 e. The van der Waals surface area contributed by atoms with Crippen molar-refractivity contribution >= 4 is 105 Å². The van der Waals surface area contributed by atoms with E-state index in [9.17, 15) is 24.0 Å². The number of amides is 1. The predicted octanol–water partition coefficient (Wildman–Crippen LogP) is 9.20. The van der Waals surface area contributed by atoms with Crippen LogP contribution in [-0.4, -0.2) is 123 Å². The first-order valence-electron chi connectivity index (χ1n) is 23.5. The Kier molecular flexibility index (Phi) is 19.7. The van der Waals surface area contributed by atoms with Crippen molar-refractivity contribution in [3.63, 3.8) is 0 Å². The lowest BCUT2D eigenvalue weighted by molar-refractivity contribution is -0.110. The number of aliphatic hydroxyl groups excluding tert-OH is 2. The van der Waals surface area contributed by atoms with Crippen LogP contribution in [-0.2, 0) is 20.1 Å². The van der Waals surface area contributed by atoms with E-state index in [1.807, 2.05) is 74.6 Å². The highest BCUT2D eigenvalue weighted by Gasteiger charge is 2.37. The summed E-state index contributed by atoms with van der Waals surface area (Å²) in [4.78, 5) is 69.0. The molecule has 15 nitrogen and oxygen atoms in total. The minimum absolute atomic E-state index is 0.0715. The van der Waals surface area contributed by atoms with Gasteiger partial charge in [-0.15, -0.1) is 11.3 Å². The van der Waals surface area contributed by atoms with Gasteiger partial charge in [0.25, 0.3) is 11.9 Å². The molecule has 0 bridgehead atoms. The molecule has 6 aromatic rings. The number of aldehydes is 4. The number of fused-ring (bicyclic) bond motifs is 1. The van der Waals surface area contributed by atoms with Gasteiger partial charge >= 0.3 is 0 Å². The normalized spacial score (nSPS) is 16.7. The van der Waals surface area contributed by atoms with E-state index in [2.05, 4.69) is 58.0 Å². The van der Waals surface area contributed by atoms with Gasteiger partial charge in [-0.3, -0.25) is 19.3 Å². The molecule has 0 spiro atoms. The van der Waals surface area contributed by atoms with Crippen LogP contribution in [0.4, 0.5) is 17.4 Å². The highest BCUT2D eigenvalue weighted by molar-refractivity contribution is 7.96. The van der Waals surface area contributed by atoms with Crippen LogP contribution in [0, 0.1) is 0 Å². The summed E-state index contributed by atoms with van der Waals surface area (Å²) < 4.78 is 14.3. The zero-order valence-corrected chi connectivity index (χ0v) is 43.4. The Balaban J connectivity index is 0.00000112. The van der Waals surface area contributed by atoms with Crippen LogP contribution in [0.15, 0.2) is 77.2 Å². The Morgan fingerprint density at radius 3 is 2.39 bits per heavy atom. The number of rotatable bonds is 17. The number of benzene rings is 4. The second-order valence-electron chi connectivity index (χ2n) is 17.7. The van der Waals surface area contributed by atoms with E-state index < -0.39 is 6.04 Å². The first kappa shape index (κ1) is 54.7. The van der Waals surface area contributed by atoms with Crippen molar-refractivity contribution in [2.45, 2.75) is 81.7 Å². The lowest BCUT2D eigenvalue weighted by Gasteiger charge is -2.45. The standard InChI is InChI=1S/C49H48ClN5O7S2.C2H7N.2CH4O/c1-49(2)26-34(51-33-7-3-6-32(25-33)46-44(50)45(61-23-22-57)42(28-59)64-46)17-20-54(49)63-29-30-11-14-41-39(24-30)52-48(62-41)53-18-15-31(16-19-53)36-12-13-40-43-37(36)9-4-10-38(43)47(60)55(40)35(27-58)8-5-21-56;1-3-2;2*1-2/h3-4,6-7,9-14,21-22,24-25,27-28,31,34-35,51H,5,8,15-20,23,26,29H2,1-2H3;3H,1-2H3;2*2H,1H3. The summed E-state index contributed by atoms with van der Waals surface area (Å²) in [5.41, 5.74) is 7.11. The number of carbonyl (C=O) groups is 5. The number of nitrogens with one attached hydrogen (secondary N) is 2. The number of piperidine rings is 2. The zero-order chi connectivity index (χ0) is 51.2. The molecule has 5 heterocycles. The zero-order valence-electron chi connectivity index (χ0n) is 41.0. The van der Waals surface area contributed by atoms with Crippen molar-refractivity contribution in [3.05, 3.63) is 99.4 Å². The molecule has 2 aromatic heterocycles. The Labute approximate surface area is 428 Å². The summed E-state index contributed by atoms with van der Waals surface area (Å²) in [5, 5.41) is 22.8. The number of oxazole rings is 1.